The number of ether oxygens (including phenoxy) is 3. The Morgan fingerprint density at radius 1 is 0.397 bits per heavy atom. The van der Waals surface area contributed by atoms with E-state index >= 15 is 0 Å². The largest absolute Gasteiger partial charge is 0.458 e. The van der Waals surface area contributed by atoms with E-state index in [0.717, 1.165) is 117 Å². The second-order valence-electron chi connectivity index (χ2n) is 18.8. The maximum Gasteiger partial charge on any atom is 0.256 e. The van der Waals surface area contributed by atoms with Crippen molar-refractivity contribution >= 4 is 107 Å². The smallest absolute Gasteiger partial charge is 0.256 e. The van der Waals surface area contributed by atoms with Crippen molar-refractivity contribution in [1.29, 1.82) is 0 Å². The van der Waals surface area contributed by atoms with Gasteiger partial charge in [-0.3, -0.25) is 0 Å². The fourth-order valence-electron chi connectivity index (χ4n) is 10.6. The van der Waals surface area contributed by atoms with Gasteiger partial charge in [-0.15, -0.1) is 0 Å². The average Bonchev–Trinajstić information content (AvgIpc) is 3.75. The third-order valence-electron chi connectivity index (χ3n) is 13.4. The molecule has 0 radical (unpaired) electrons. The summed E-state index contributed by atoms with van der Waals surface area (Å²) < 4.78 is 34.3. The average molecular weight is 751 g/mol. The number of hydrogen-bond acceptors (Lipinski definition) is 6. The van der Waals surface area contributed by atoms with Crippen LogP contribution in [0.4, 0.5) is 17.1 Å². The molecule has 6 nitrogen and oxygen atoms in total. The molecule has 7 heterocycles. The number of nitrogens with zero attached hydrogens (tertiary/aromatic N) is 1. The minimum absolute atomic E-state index is 0.127. The van der Waals surface area contributed by atoms with Crippen LogP contribution in [0.5, 0.6) is 34.5 Å². The van der Waals surface area contributed by atoms with Gasteiger partial charge in [-0.2, -0.15) is 0 Å². The lowest BCUT2D eigenvalue weighted by Gasteiger charge is -2.49. The minimum atomic E-state index is -0.132. The van der Waals surface area contributed by atoms with Crippen LogP contribution in [0.25, 0.3) is 43.9 Å². The van der Waals surface area contributed by atoms with Gasteiger partial charge < -0.3 is 27.9 Å². The third kappa shape index (κ3) is 3.77. The van der Waals surface area contributed by atoms with Gasteiger partial charge in [0.25, 0.3) is 13.4 Å². The minimum Gasteiger partial charge on any atom is -0.458 e. The van der Waals surface area contributed by atoms with E-state index in [0.29, 0.717) is 0 Å². The normalized spacial score (nSPS) is 15.0. The molecule has 0 N–H and O–H groups in total. The van der Waals surface area contributed by atoms with Gasteiger partial charge in [0.15, 0.2) is 11.5 Å². The molecular formula is C50H35B2NO5. The highest BCUT2D eigenvalue weighted by Gasteiger charge is 2.54. The monoisotopic (exact) mass is 751 g/mol. The van der Waals surface area contributed by atoms with Crippen LogP contribution >= 0.6 is 0 Å². The highest BCUT2D eigenvalue weighted by atomic mass is 16.5. The summed E-state index contributed by atoms with van der Waals surface area (Å²) in [5.74, 6) is 4.93. The molecule has 14 rings (SSSR count). The van der Waals surface area contributed by atoms with Crippen molar-refractivity contribution in [3.8, 4) is 34.5 Å². The van der Waals surface area contributed by atoms with E-state index in [1.165, 1.54) is 22.1 Å². The molecule has 0 atom stereocenters. The lowest BCUT2D eigenvalue weighted by molar-refractivity contribution is 0.462. The van der Waals surface area contributed by atoms with Gasteiger partial charge in [-0.1, -0.05) is 102 Å². The highest BCUT2D eigenvalue weighted by Crippen LogP contribution is 2.56. The van der Waals surface area contributed by atoms with Crippen LogP contribution in [-0.4, -0.2) is 13.4 Å². The van der Waals surface area contributed by atoms with Gasteiger partial charge in [0.1, 0.15) is 45.3 Å². The first-order chi connectivity index (χ1) is 28.0. The SMILES string of the molecule is CC(C)(C)c1cc2c3c(c1)B1c4cc5c(cc4Oc4cc6c7c(c41)N3c1c(cc(C(C)(C)C)cc1B7c1cc3c(cc1O6)oc1ccccc13)O2)oc1ccccc15. The van der Waals surface area contributed by atoms with Crippen LogP contribution in [0.3, 0.4) is 0 Å². The van der Waals surface area contributed by atoms with Gasteiger partial charge in [0.05, 0.1) is 11.4 Å². The molecule has 0 spiro atoms. The molecule has 8 heteroatoms. The van der Waals surface area contributed by atoms with Crippen LogP contribution in [0, 0.1) is 0 Å². The van der Waals surface area contributed by atoms with E-state index < -0.39 is 0 Å². The Labute approximate surface area is 335 Å². The molecule has 2 aromatic heterocycles. The predicted molar refractivity (Wildman–Crippen MR) is 235 cm³/mol. The Balaban J connectivity index is 1.13. The van der Waals surface area contributed by atoms with Crippen molar-refractivity contribution in [2.75, 3.05) is 4.90 Å². The number of furan rings is 2. The fraction of sp³-hybridized carbons (Fsp3) is 0.160. The Bertz CT molecular complexity index is 3210. The maximum atomic E-state index is 7.28. The van der Waals surface area contributed by atoms with Gasteiger partial charge in [-0.25, -0.2) is 0 Å². The van der Waals surface area contributed by atoms with E-state index in [1.54, 1.807) is 0 Å². The number of benzene rings is 7. The van der Waals surface area contributed by atoms with Gasteiger partial charge in [0, 0.05) is 45.4 Å². The van der Waals surface area contributed by atoms with Crippen LogP contribution in [-0.2, 0) is 10.8 Å². The second-order valence-corrected chi connectivity index (χ2v) is 18.8. The van der Waals surface area contributed by atoms with Gasteiger partial charge in [0.2, 0.25) is 0 Å². The standard InChI is InChI=1S/C50H35B2NO5/c1-49(2,3)24-15-32-46-42(17-24)58-43-18-25(50(4,5)6)16-33-47(43)53(46)48-44-40(56-38-21-36-28(19-30(38)51(32)44)26-11-7-9-13-34(26)54-36)23-41-45(48)52(33)31-20-29-27-12-8-10-14-35(27)55-37(29)22-39(31)57-41/h7-23H,1-6H3. The Morgan fingerprint density at radius 3 is 1.31 bits per heavy atom. The molecule has 0 amide bonds. The van der Waals surface area contributed by atoms with E-state index in [4.69, 9.17) is 23.0 Å². The third-order valence-corrected chi connectivity index (χ3v) is 13.4. The quantitative estimate of drug-likeness (QED) is 0.144. The summed E-state index contributed by atoms with van der Waals surface area (Å²) in [6.07, 6.45) is 0. The number of para-hydroxylation sites is 2. The maximum absolute atomic E-state index is 7.28. The van der Waals surface area contributed by atoms with E-state index in [1.807, 2.05) is 24.3 Å². The Morgan fingerprint density at radius 2 is 0.845 bits per heavy atom. The molecule has 0 fully saturated rings. The highest BCUT2D eigenvalue weighted by molar-refractivity contribution is 7.04. The van der Waals surface area contributed by atoms with Crippen molar-refractivity contribution in [3.63, 3.8) is 0 Å². The zero-order valence-electron chi connectivity index (χ0n) is 33.0. The molecular weight excluding hydrogens is 716 g/mol. The Kier molecular flexibility index (Phi) is 5.41. The first-order valence-corrected chi connectivity index (χ1v) is 20.3. The van der Waals surface area contributed by atoms with Crippen LogP contribution in [0.2, 0.25) is 0 Å². The molecule has 9 aromatic rings. The summed E-state index contributed by atoms with van der Waals surface area (Å²) in [7, 11) is 0. The molecule has 0 saturated carbocycles. The fourth-order valence-corrected chi connectivity index (χ4v) is 10.6. The zero-order chi connectivity index (χ0) is 38.7. The number of anilines is 3. The number of rotatable bonds is 0. The molecule has 0 bridgehead atoms. The van der Waals surface area contributed by atoms with Crippen molar-refractivity contribution in [1.82, 2.24) is 0 Å². The lowest BCUT2D eigenvalue weighted by Crippen LogP contribution is -2.67. The van der Waals surface area contributed by atoms with Gasteiger partial charge in [-0.05, 0) is 79.0 Å². The molecule has 0 unspecified atom stereocenters. The first kappa shape index (κ1) is 31.5. The first-order valence-electron chi connectivity index (χ1n) is 20.3. The van der Waals surface area contributed by atoms with E-state index in [9.17, 15) is 0 Å². The zero-order valence-corrected chi connectivity index (χ0v) is 33.0. The second kappa shape index (κ2) is 9.94. The lowest BCUT2D eigenvalue weighted by atomic mass is 9.29. The van der Waals surface area contributed by atoms with E-state index in [2.05, 4.69) is 125 Å². The molecule has 7 aromatic carbocycles. The van der Waals surface area contributed by atoms with Crippen LogP contribution in [0.15, 0.2) is 112 Å². The topological polar surface area (TPSA) is 57.2 Å². The van der Waals surface area contributed by atoms with Crippen LogP contribution in [0.1, 0.15) is 52.7 Å². The van der Waals surface area contributed by atoms with Crippen molar-refractivity contribution in [2.24, 2.45) is 0 Å². The molecule has 58 heavy (non-hydrogen) atoms. The van der Waals surface area contributed by atoms with Crippen molar-refractivity contribution in [2.45, 2.75) is 52.4 Å². The molecule has 276 valence electrons. The van der Waals surface area contributed by atoms with Crippen molar-refractivity contribution < 1.29 is 23.0 Å². The van der Waals surface area contributed by atoms with Gasteiger partial charge >= 0.3 is 0 Å². The molecule has 0 aliphatic carbocycles. The van der Waals surface area contributed by atoms with Crippen molar-refractivity contribution in [3.05, 3.63) is 114 Å². The number of hydrogen-bond donors (Lipinski definition) is 0. The van der Waals surface area contributed by atoms with Crippen LogP contribution < -0.4 is 51.9 Å². The molecule has 5 aliphatic heterocycles. The summed E-state index contributed by atoms with van der Waals surface area (Å²) in [5.41, 5.74) is 15.9. The summed E-state index contributed by atoms with van der Waals surface area (Å²) >= 11 is 0. The summed E-state index contributed by atoms with van der Waals surface area (Å²) in [4.78, 5) is 2.50. The molecule has 0 saturated heterocycles. The summed E-state index contributed by atoms with van der Waals surface area (Å²) in [6.45, 7) is 13.4. The van der Waals surface area contributed by atoms with E-state index in [-0.39, 0.29) is 24.3 Å². The summed E-state index contributed by atoms with van der Waals surface area (Å²) in [5, 5.41) is 4.36. The molecule has 5 aliphatic rings. The number of fused-ring (bicyclic) bond motifs is 12. The summed E-state index contributed by atoms with van der Waals surface area (Å²) in [6, 6.07) is 36.9. The predicted octanol–water partition coefficient (Wildman–Crippen LogP) is 9.53. The Hall–Kier alpha value is -6.53.